The first-order valence-corrected chi connectivity index (χ1v) is 21.2. The maximum Gasteiger partial charge on any atom is 0.195 e. The highest BCUT2D eigenvalue weighted by Crippen LogP contribution is 2.53. The summed E-state index contributed by atoms with van der Waals surface area (Å²) in [5.74, 6) is 0. The van der Waals surface area contributed by atoms with E-state index in [-0.39, 0.29) is 16.3 Å². The second-order valence-electron chi connectivity index (χ2n) is 16.9. The fraction of sp³-hybridized carbons (Fsp3) is 0.109. The van der Waals surface area contributed by atoms with Gasteiger partial charge >= 0.3 is 0 Å². The number of para-hydroxylation sites is 4. The summed E-state index contributed by atoms with van der Waals surface area (Å²) >= 11 is 1.69. The molecule has 0 aliphatic carbocycles. The molecule has 0 N–H and O–H groups in total. The zero-order valence-corrected chi connectivity index (χ0v) is 34.3. The van der Waals surface area contributed by atoms with Crippen molar-refractivity contribution in [1.29, 1.82) is 0 Å². The first kappa shape index (κ1) is 35.4. The van der Waals surface area contributed by atoms with Crippen LogP contribution in [0, 0.1) is 0 Å². The van der Waals surface area contributed by atoms with E-state index in [1.165, 1.54) is 45.0 Å². The fourth-order valence-electron chi connectivity index (χ4n) is 9.71. The van der Waals surface area contributed by atoms with Gasteiger partial charge in [0.15, 0.2) is 5.43 Å². The van der Waals surface area contributed by atoms with Gasteiger partial charge in [-0.25, -0.2) is 0 Å². The molecule has 0 radical (unpaired) electrons. The third-order valence-electron chi connectivity index (χ3n) is 12.9. The molecule has 9 aromatic rings. The minimum atomic E-state index is -0.0996. The number of anilines is 6. The number of hydrogen-bond acceptors (Lipinski definition) is 4. The highest BCUT2D eigenvalue weighted by Gasteiger charge is 2.37. The van der Waals surface area contributed by atoms with Crippen LogP contribution in [0.1, 0.15) is 49.9 Å². The molecule has 2 aliphatic rings. The fourth-order valence-corrected chi connectivity index (χ4v) is 10.9. The maximum absolute atomic E-state index is 13.9. The van der Waals surface area contributed by atoms with Crippen molar-refractivity contribution in [2.45, 2.75) is 38.5 Å². The summed E-state index contributed by atoms with van der Waals surface area (Å²) in [6.07, 6.45) is 0. The van der Waals surface area contributed by atoms with Gasteiger partial charge in [-0.2, -0.15) is 0 Å². The van der Waals surface area contributed by atoms with Gasteiger partial charge in [0, 0.05) is 42.4 Å². The molecule has 3 heterocycles. The summed E-state index contributed by atoms with van der Waals surface area (Å²) < 4.78 is 1.98. The number of rotatable bonds is 4. The van der Waals surface area contributed by atoms with Gasteiger partial charge in [0.2, 0.25) is 0 Å². The van der Waals surface area contributed by atoms with Crippen LogP contribution in [-0.2, 0) is 10.8 Å². The summed E-state index contributed by atoms with van der Waals surface area (Å²) in [4.78, 5) is 18.7. The average molecular weight is 779 g/mol. The van der Waals surface area contributed by atoms with Crippen LogP contribution < -0.4 is 15.2 Å². The van der Waals surface area contributed by atoms with Crippen molar-refractivity contribution in [1.82, 2.24) is 0 Å². The third kappa shape index (κ3) is 5.43. The minimum Gasteiger partial charge on any atom is -0.310 e. The van der Waals surface area contributed by atoms with Gasteiger partial charge < -0.3 is 9.80 Å². The molecule has 1 aromatic heterocycles. The largest absolute Gasteiger partial charge is 0.310 e. The molecule has 0 spiro atoms. The number of hydrogen-bond donors (Lipinski definition) is 0. The molecule has 11 rings (SSSR count). The van der Waals surface area contributed by atoms with E-state index in [4.69, 9.17) is 0 Å². The Balaban J connectivity index is 0.925. The van der Waals surface area contributed by atoms with Crippen LogP contribution in [0.3, 0.4) is 0 Å². The Kier molecular flexibility index (Phi) is 7.89. The Labute approximate surface area is 349 Å². The van der Waals surface area contributed by atoms with Gasteiger partial charge in [0.25, 0.3) is 0 Å². The molecule has 0 atom stereocenters. The summed E-state index contributed by atoms with van der Waals surface area (Å²) in [6, 6.07) is 65.2. The molecule has 4 heteroatoms. The Hall–Kier alpha value is -6.75. The van der Waals surface area contributed by atoms with Crippen molar-refractivity contribution in [3.05, 3.63) is 214 Å². The molecule has 59 heavy (non-hydrogen) atoms. The lowest BCUT2D eigenvalue weighted by atomic mass is 9.73. The second-order valence-corrected chi connectivity index (χ2v) is 18.0. The standard InChI is InChI=1S/C55H42N2OS/c1-54(2)43-13-5-9-17-47(43)56(48-18-10-6-14-44(48)54)39-27-21-35(22-28-39)37-25-31-41-51(33-37)59-52-34-38(26-32-42(52)53(41)58)36-23-29-40(30-24-36)57-49-19-11-7-15-45(49)55(3,4)46-16-8-12-20-50(46)57/h5-34H,1-4H3. The Morgan fingerprint density at radius 3 is 1.02 bits per heavy atom. The highest BCUT2D eigenvalue weighted by molar-refractivity contribution is 7.24. The van der Waals surface area contributed by atoms with Crippen LogP contribution in [0.2, 0.25) is 0 Å². The molecule has 0 bridgehead atoms. The summed E-state index contributed by atoms with van der Waals surface area (Å²) in [5.41, 5.74) is 16.7. The Morgan fingerprint density at radius 1 is 0.373 bits per heavy atom. The van der Waals surface area contributed by atoms with E-state index in [1.807, 2.05) is 12.1 Å². The summed E-state index contributed by atoms with van der Waals surface area (Å²) in [7, 11) is 0. The SMILES string of the molecule is CC1(C)c2ccccc2N(c2ccc(-c3ccc4c(=O)c5ccc(-c6ccc(N7c8ccccc8C(C)(C)c8ccccc87)cc6)cc5sc4c3)cc2)c2ccccc21. The zero-order chi connectivity index (χ0) is 40.0. The van der Waals surface area contributed by atoms with E-state index in [9.17, 15) is 4.79 Å². The Morgan fingerprint density at radius 2 is 0.678 bits per heavy atom. The van der Waals surface area contributed by atoms with Crippen molar-refractivity contribution in [2.24, 2.45) is 0 Å². The summed E-state index contributed by atoms with van der Waals surface area (Å²) in [5, 5.41) is 1.52. The number of benzene rings is 8. The maximum atomic E-state index is 13.9. The van der Waals surface area contributed by atoms with E-state index in [0.717, 1.165) is 53.8 Å². The van der Waals surface area contributed by atoms with Crippen molar-refractivity contribution in [3.63, 3.8) is 0 Å². The van der Waals surface area contributed by atoms with Crippen LogP contribution >= 0.6 is 11.3 Å². The highest BCUT2D eigenvalue weighted by atomic mass is 32.1. The van der Waals surface area contributed by atoms with E-state index in [1.54, 1.807) is 11.3 Å². The van der Waals surface area contributed by atoms with Crippen LogP contribution in [-0.4, -0.2) is 0 Å². The quantitative estimate of drug-likeness (QED) is 0.166. The lowest BCUT2D eigenvalue weighted by Gasteiger charge is -2.42. The molecule has 0 amide bonds. The van der Waals surface area contributed by atoms with Crippen molar-refractivity contribution >= 4 is 65.6 Å². The molecular weight excluding hydrogens is 737 g/mol. The van der Waals surface area contributed by atoms with Gasteiger partial charge in [0.1, 0.15) is 0 Å². The second kappa shape index (κ2) is 13.1. The number of fused-ring (bicyclic) bond motifs is 6. The molecule has 284 valence electrons. The topological polar surface area (TPSA) is 23.6 Å². The summed E-state index contributed by atoms with van der Waals surface area (Å²) in [6.45, 7) is 9.26. The monoisotopic (exact) mass is 778 g/mol. The molecule has 0 unspecified atom stereocenters. The molecular formula is C55H42N2OS. The van der Waals surface area contributed by atoms with Gasteiger partial charge in [-0.15, -0.1) is 11.3 Å². The van der Waals surface area contributed by atoms with E-state index >= 15 is 0 Å². The van der Waals surface area contributed by atoms with Crippen LogP contribution in [0.5, 0.6) is 0 Å². The van der Waals surface area contributed by atoms with Crippen LogP contribution in [0.4, 0.5) is 34.1 Å². The first-order chi connectivity index (χ1) is 28.7. The molecule has 8 aromatic carbocycles. The van der Waals surface area contributed by atoms with E-state index in [0.29, 0.717) is 0 Å². The Bertz CT molecular complexity index is 2880. The molecule has 0 saturated carbocycles. The van der Waals surface area contributed by atoms with Crippen molar-refractivity contribution < 1.29 is 0 Å². The smallest absolute Gasteiger partial charge is 0.195 e. The van der Waals surface area contributed by atoms with Gasteiger partial charge in [0.05, 0.1) is 22.7 Å². The van der Waals surface area contributed by atoms with E-state index in [2.05, 4.69) is 207 Å². The lowest BCUT2D eigenvalue weighted by molar-refractivity contribution is 0.632. The molecule has 0 saturated heterocycles. The number of nitrogens with zero attached hydrogens (tertiary/aromatic N) is 2. The lowest BCUT2D eigenvalue weighted by Crippen LogP contribution is -2.30. The third-order valence-corrected chi connectivity index (χ3v) is 14.0. The molecule has 0 fully saturated rings. The molecule has 3 nitrogen and oxygen atoms in total. The first-order valence-electron chi connectivity index (χ1n) is 20.4. The predicted molar refractivity (Wildman–Crippen MR) is 250 cm³/mol. The minimum absolute atomic E-state index is 0.0771. The van der Waals surface area contributed by atoms with Crippen molar-refractivity contribution in [3.8, 4) is 22.3 Å². The zero-order valence-electron chi connectivity index (χ0n) is 33.5. The average Bonchev–Trinajstić information content (AvgIpc) is 3.27. The van der Waals surface area contributed by atoms with Gasteiger partial charge in [-0.05, 0) is 117 Å². The normalized spacial score (nSPS) is 14.7. The van der Waals surface area contributed by atoms with Gasteiger partial charge in [-0.3, -0.25) is 4.79 Å². The van der Waals surface area contributed by atoms with Crippen LogP contribution in [0.15, 0.2) is 187 Å². The predicted octanol–water partition coefficient (Wildman–Crippen LogP) is 15.0. The van der Waals surface area contributed by atoms with Gasteiger partial charge in [-0.1, -0.05) is 137 Å². The molecule has 2 aliphatic heterocycles. The van der Waals surface area contributed by atoms with Crippen molar-refractivity contribution in [2.75, 3.05) is 9.80 Å². The van der Waals surface area contributed by atoms with E-state index < -0.39 is 0 Å². The van der Waals surface area contributed by atoms with Crippen LogP contribution in [0.25, 0.3) is 42.4 Å².